The smallest absolute Gasteiger partial charge is 0.169 e. The third-order valence-electron chi connectivity index (χ3n) is 2.92. The second-order valence-electron chi connectivity index (χ2n) is 4.61. The van der Waals surface area contributed by atoms with Crippen LogP contribution in [0.4, 0.5) is 4.39 Å². The molecule has 0 heterocycles. The predicted molar refractivity (Wildman–Crippen MR) is 53.0 cm³/mol. The summed E-state index contributed by atoms with van der Waals surface area (Å²) in [5, 5.41) is 0. The van der Waals surface area contributed by atoms with E-state index in [-0.39, 0.29) is 11.6 Å². The maximum Gasteiger partial charge on any atom is 0.169 e. The summed E-state index contributed by atoms with van der Waals surface area (Å²) in [4.78, 5) is 11.9. The van der Waals surface area contributed by atoms with Crippen LogP contribution in [0.3, 0.4) is 0 Å². The van der Waals surface area contributed by atoms with E-state index in [0.29, 0.717) is 17.5 Å². The molecule has 0 unspecified atom stereocenters. The first-order chi connectivity index (χ1) is 6.43. The van der Waals surface area contributed by atoms with Crippen molar-refractivity contribution in [2.75, 3.05) is 0 Å². The lowest BCUT2D eigenvalue weighted by molar-refractivity contribution is 0.0863. The number of fused-ring (bicyclic) bond motifs is 1. The lowest BCUT2D eigenvalue weighted by atomic mass is 9.88. The minimum atomic E-state index is -0.435. The fraction of sp³-hybridized carbons (Fsp3) is 0.417. The van der Waals surface area contributed by atoms with E-state index in [1.54, 1.807) is 6.07 Å². The van der Waals surface area contributed by atoms with Gasteiger partial charge in [0.25, 0.3) is 0 Å². The van der Waals surface area contributed by atoms with Crippen molar-refractivity contribution < 1.29 is 9.18 Å². The predicted octanol–water partition coefficient (Wildman–Crippen LogP) is 2.90. The van der Waals surface area contributed by atoms with Gasteiger partial charge in [0.1, 0.15) is 5.82 Å². The summed E-state index contributed by atoms with van der Waals surface area (Å²) >= 11 is 0. The summed E-state index contributed by atoms with van der Waals surface area (Å²) in [6, 6.07) is 3.12. The van der Waals surface area contributed by atoms with Crippen LogP contribution >= 0.6 is 0 Å². The summed E-state index contributed by atoms with van der Waals surface area (Å²) in [6.07, 6.45) is 0.522. The number of rotatable bonds is 0. The number of carbonyl (C=O) groups is 1. The Labute approximate surface area is 82.9 Å². The number of Topliss-reactive ketones (excluding diaryl/α,β-unsaturated/α-hetero) is 1. The van der Waals surface area contributed by atoms with E-state index in [1.807, 2.05) is 20.8 Å². The Morgan fingerprint density at radius 1 is 1.36 bits per heavy atom. The van der Waals surface area contributed by atoms with Gasteiger partial charge in [0.2, 0.25) is 0 Å². The molecule has 2 rings (SSSR count). The molecule has 0 saturated carbocycles. The first-order valence-electron chi connectivity index (χ1n) is 4.76. The zero-order valence-electron chi connectivity index (χ0n) is 8.65. The largest absolute Gasteiger partial charge is 0.294 e. The minimum absolute atomic E-state index is 0.0736. The van der Waals surface area contributed by atoms with Gasteiger partial charge in [0, 0.05) is 11.0 Å². The molecular weight excluding hydrogens is 179 g/mol. The molecule has 0 saturated heterocycles. The fourth-order valence-electron chi connectivity index (χ4n) is 2.09. The molecule has 0 atom stereocenters. The molecule has 0 fully saturated rings. The van der Waals surface area contributed by atoms with Crippen LogP contribution in [0.2, 0.25) is 0 Å². The third kappa shape index (κ3) is 1.10. The van der Waals surface area contributed by atoms with Crippen molar-refractivity contribution >= 4 is 5.78 Å². The maximum absolute atomic E-state index is 13.4. The Morgan fingerprint density at radius 3 is 2.57 bits per heavy atom. The van der Waals surface area contributed by atoms with E-state index in [9.17, 15) is 9.18 Å². The topological polar surface area (TPSA) is 17.1 Å². The van der Waals surface area contributed by atoms with Crippen LogP contribution < -0.4 is 0 Å². The highest BCUT2D eigenvalue weighted by Crippen LogP contribution is 2.38. The third-order valence-corrected chi connectivity index (χ3v) is 2.92. The summed E-state index contributed by atoms with van der Waals surface area (Å²) < 4.78 is 13.4. The minimum Gasteiger partial charge on any atom is -0.294 e. The molecule has 1 aromatic rings. The standard InChI is InChI=1S/C12H13FO/c1-7-4-5-9(13)8-6-12(2,3)11(14)10(7)8/h4-5H,6H2,1-3H3. The quantitative estimate of drug-likeness (QED) is 0.617. The Balaban J connectivity index is 2.70. The molecular formula is C12H13FO. The second kappa shape index (κ2) is 2.66. The van der Waals surface area contributed by atoms with Crippen LogP contribution in [-0.2, 0) is 6.42 Å². The lowest BCUT2D eigenvalue weighted by Crippen LogP contribution is -2.19. The van der Waals surface area contributed by atoms with E-state index in [4.69, 9.17) is 0 Å². The maximum atomic E-state index is 13.4. The van der Waals surface area contributed by atoms with Gasteiger partial charge in [0.15, 0.2) is 5.78 Å². The van der Waals surface area contributed by atoms with Gasteiger partial charge >= 0.3 is 0 Å². The molecule has 0 amide bonds. The molecule has 0 bridgehead atoms. The molecule has 1 aliphatic rings. The highest BCUT2D eigenvalue weighted by molar-refractivity contribution is 6.05. The Hall–Kier alpha value is -1.18. The van der Waals surface area contributed by atoms with Crippen LogP contribution in [0.15, 0.2) is 12.1 Å². The van der Waals surface area contributed by atoms with Gasteiger partial charge in [-0.1, -0.05) is 19.9 Å². The van der Waals surface area contributed by atoms with Crippen molar-refractivity contribution in [1.82, 2.24) is 0 Å². The lowest BCUT2D eigenvalue weighted by Gasteiger charge is -2.13. The number of benzene rings is 1. The Kier molecular flexibility index (Phi) is 1.78. The highest BCUT2D eigenvalue weighted by Gasteiger charge is 2.39. The fourth-order valence-corrected chi connectivity index (χ4v) is 2.09. The van der Waals surface area contributed by atoms with Crippen molar-refractivity contribution in [3.05, 3.63) is 34.6 Å². The second-order valence-corrected chi connectivity index (χ2v) is 4.61. The first kappa shape index (κ1) is 9.38. The highest BCUT2D eigenvalue weighted by atomic mass is 19.1. The van der Waals surface area contributed by atoms with Crippen LogP contribution in [0.1, 0.15) is 35.3 Å². The number of carbonyl (C=O) groups excluding carboxylic acids is 1. The van der Waals surface area contributed by atoms with E-state index in [0.717, 1.165) is 5.56 Å². The molecule has 0 aromatic heterocycles. The van der Waals surface area contributed by atoms with Gasteiger partial charge in [-0.2, -0.15) is 0 Å². The summed E-state index contributed by atoms with van der Waals surface area (Å²) in [5.41, 5.74) is 1.65. The van der Waals surface area contributed by atoms with Gasteiger partial charge in [0.05, 0.1) is 0 Å². The monoisotopic (exact) mass is 192 g/mol. The number of hydrogen-bond acceptors (Lipinski definition) is 1. The molecule has 0 aliphatic heterocycles. The molecule has 0 spiro atoms. The molecule has 2 heteroatoms. The van der Waals surface area contributed by atoms with Crippen LogP contribution in [0.25, 0.3) is 0 Å². The average Bonchev–Trinajstić information content (AvgIpc) is 2.33. The van der Waals surface area contributed by atoms with Crippen molar-refractivity contribution in [1.29, 1.82) is 0 Å². The molecule has 1 nitrogen and oxygen atoms in total. The van der Waals surface area contributed by atoms with Crippen molar-refractivity contribution in [3.8, 4) is 0 Å². The van der Waals surface area contributed by atoms with Gasteiger partial charge < -0.3 is 0 Å². The Morgan fingerprint density at radius 2 is 2.00 bits per heavy atom. The first-order valence-corrected chi connectivity index (χ1v) is 4.76. The Bertz CT molecular complexity index is 419. The summed E-state index contributed by atoms with van der Waals surface area (Å²) in [7, 11) is 0. The molecule has 74 valence electrons. The summed E-state index contributed by atoms with van der Waals surface area (Å²) in [6.45, 7) is 5.60. The molecule has 14 heavy (non-hydrogen) atoms. The van der Waals surface area contributed by atoms with Gasteiger partial charge in [-0.05, 0) is 30.5 Å². The van der Waals surface area contributed by atoms with E-state index >= 15 is 0 Å². The van der Waals surface area contributed by atoms with Gasteiger partial charge in [-0.15, -0.1) is 0 Å². The van der Waals surface area contributed by atoms with Gasteiger partial charge in [-0.25, -0.2) is 4.39 Å². The molecule has 0 N–H and O–H groups in total. The number of ketones is 1. The van der Waals surface area contributed by atoms with Gasteiger partial charge in [-0.3, -0.25) is 4.79 Å². The van der Waals surface area contributed by atoms with Crippen molar-refractivity contribution in [2.45, 2.75) is 27.2 Å². The van der Waals surface area contributed by atoms with Crippen molar-refractivity contribution in [2.24, 2.45) is 5.41 Å². The van der Waals surface area contributed by atoms with Crippen LogP contribution in [0, 0.1) is 18.2 Å². The van der Waals surface area contributed by atoms with E-state index in [1.165, 1.54) is 6.07 Å². The molecule has 1 aromatic carbocycles. The van der Waals surface area contributed by atoms with Crippen LogP contribution in [0.5, 0.6) is 0 Å². The van der Waals surface area contributed by atoms with Crippen LogP contribution in [-0.4, -0.2) is 5.78 Å². The number of hydrogen-bond donors (Lipinski definition) is 0. The zero-order chi connectivity index (χ0) is 10.5. The molecule has 0 radical (unpaired) electrons. The normalized spacial score (nSPS) is 18.4. The zero-order valence-corrected chi connectivity index (χ0v) is 8.65. The van der Waals surface area contributed by atoms with E-state index < -0.39 is 5.41 Å². The average molecular weight is 192 g/mol. The van der Waals surface area contributed by atoms with E-state index in [2.05, 4.69) is 0 Å². The summed E-state index contributed by atoms with van der Waals surface area (Å²) in [5.74, 6) is -0.172. The number of aryl methyl sites for hydroxylation is 1. The van der Waals surface area contributed by atoms with Crippen molar-refractivity contribution in [3.63, 3.8) is 0 Å². The number of halogens is 1. The SMILES string of the molecule is Cc1ccc(F)c2c1C(=O)C(C)(C)C2. The molecule has 1 aliphatic carbocycles.